The van der Waals surface area contributed by atoms with Crippen LogP contribution in [0.25, 0.3) is 0 Å². The molecule has 0 radical (unpaired) electrons. The molecule has 1 aromatic rings. The highest BCUT2D eigenvalue weighted by Crippen LogP contribution is 2.14. The molecule has 9 heteroatoms. The normalized spacial score (nSPS) is 16.0. The Hall–Kier alpha value is -0.940. The molecule has 0 bridgehead atoms. The molecule has 6 nitrogen and oxygen atoms in total. The minimum Gasteiger partial charge on any atom is -0.357 e. The summed E-state index contributed by atoms with van der Waals surface area (Å²) in [6.07, 6.45) is 6.20. The van der Waals surface area contributed by atoms with Crippen LogP contribution < -0.4 is 10.6 Å². The number of nitrogens with zero attached hydrogens (tertiary/aromatic N) is 2. The van der Waals surface area contributed by atoms with E-state index in [9.17, 15) is 12.8 Å². The highest BCUT2D eigenvalue weighted by Gasteiger charge is 2.18. The monoisotopic (exact) mass is 540 g/mol. The topological polar surface area (TPSA) is 73.8 Å². The minimum atomic E-state index is -3.67. The van der Waals surface area contributed by atoms with Gasteiger partial charge in [-0.1, -0.05) is 25.0 Å². The predicted octanol–water partition coefficient (Wildman–Crippen LogP) is 3.04. The standard InChI is InChI=1S/C20H33FN4O2S.HI/c1-2-22-20(23-12-9-16-25-14-7-3-4-8-15-25)24-13-17-28(26,27)19-11-6-5-10-18(19)21;/h5-6,10-11H,2-4,7-9,12-17H2,1H3,(H2,22,23,24);1H. The Labute approximate surface area is 191 Å². The number of benzene rings is 1. The number of nitrogens with one attached hydrogen (secondary N) is 2. The summed E-state index contributed by atoms with van der Waals surface area (Å²) in [6.45, 7) is 6.92. The number of guanidine groups is 1. The molecule has 1 fully saturated rings. The molecule has 0 spiro atoms. The highest BCUT2D eigenvalue weighted by molar-refractivity contribution is 14.0. The van der Waals surface area contributed by atoms with Gasteiger partial charge in [-0.3, -0.25) is 4.99 Å². The average molecular weight is 540 g/mol. The van der Waals surface area contributed by atoms with E-state index in [2.05, 4.69) is 20.5 Å². The van der Waals surface area contributed by atoms with Gasteiger partial charge in [-0.2, -0.15) is 0 Å². The van der Waals surface area contributed by atoms with Gasteiger partial charge in [-0.15, -0.1) is 24.0 Å². The Morgan fingerprint density at radius 2 is 1.83 bits per heavy atom. The van der Waals surface area contributed by atoms with Crippen LogP contribution in [-0.4, -0.2) is 64.3 Å². The van der Waals surface area contributed by atoms with E-state index in [4.69, 9.17) is 0 Å². The van der Waals surface area contributed by atoms with E-state index in [1.807, 2.05) is 6.92 Å². The molecule has 0 saturated carbocycles. The SMILES string of the molecule is CCNC(=NCCCN1CCCCCC1)NCCS(=O)(=O)c1ccccc1F.I. The van der Waals surface area contributed by atoms with Crippen molar-refractivity contribution in [1.82, 2.24) is 15.5 Å². The number of hydrogen-bond acceptors (Lipinski definition) is 4. The second-order valence-electron chi connectivity index (χ2n) is 7.05. The first-order valence-corrected chi connectivity index (χ1v) is 11.9. The predicted molar refractivity (Wildman–Crippen MR) is 127 cm³/mol. The van der Waals surface area contributed by atoms with E-state index in [1.165, 1.54) is 57.0 Å². The van der Waals surface area contributed by atoms with Crippen molar-refractivity contribution in [3.05, 3.63) is 30.1 Å². The Morgan fingerprint density at radius 3 is 2.48 bits per heavy atom. The maximum atomic E-state index is 13.7. The van der Waals surface area contributed by atoms with Crippen molar-refractivity contribution in [1.29, 1.82) is 0 Å². The van der Waals surface area contributed by atoms with Gasteiger partial charge in [-0.25, -0.2) is 12.8 Å². The summed E-state index contributed by atoms with van der Waals surface area (Å²) in [4.78, 5) is 6.78. The van der Waals surface area contributed by atoms with Crippen molar-refractivity contribution in [2.75, 3.05) is 45.0 Å². The van der Waals surface area contributed by atoms with Crippen LogP contribution >= 0.6 is 24.0 Å². The van der Waals surface area contributed by atoms with Crippen LogP contribution in [0, 0.1) is 5.82 Å². The van der Waals surface area contributed by atoms with Crippen LogP contribution in [0.1, 0.15) is 39.0 Å². The number of sulfone groups is 1. The number of aliphatic imine (C=N–C) groups is 1. The third kappa shape index (κ3) is 9.61. The fourth-order valence-electron chi connectivity index (χ4n) is 3.30. The fraction of sp³-hybridized carbons (Fsp3) is 0.650. The molecule has 0 unspecified atom stereocenters. The maximum Gasteiger partial charge on any atom is 0.191 e. The van der Waals surface area contributed by atoms with Crippen LogP contribution in [0.15, 0.2) is 34.2 Å². The van der Waals surface area contributed by atoms with Gasteiger partial charge >= 0.3 is 0 Å². The van der Waals surface area contributed by atoms with Crippen molar-refractivity contribution >= 4 is 39.8 Å². The van der Waals surface area contributed by atoms with E-state index in [0.717, 1.165) is 19.0 Å². The molecule has 1 heterocycles. The fourth-order valence-corrected chi connectivity index (χ4v) is 4.54. The Kier molecular flexibility index (Phi) is 12.7. The highest BCUT2D eigenvalue weighted by atomic mass is 127. The molecule has 166 valence electrons. The molecule has 0 aromatic heterocycles. The van der Waals surface area contributed by atoms with Crippen molar-refractivity contribution < 1.29 is 12.8 Å². The van der Waals surface area contributed by atoms with Gasteiger partial charge < -0.3 is 15.5 Å². The quantitative estimate of drug-likeness (QED) is 0.218. The summed E-state index contributed by atoms with van der Waals surface area (Å²) in [7, 11) is -3.67. The molecule has 2 rings (SSSR count). The summed E-state index contributed by atoms with van der Waals surface area (Å²) in [5.41, 5.74) is 0. The second kappa shape index (κ2) is 14.1. The van der Waals surface area contributed by atoms with Gasteiger partial charge in [0.25, 0.3) is 0 Å². The molecule has 0 aliphatic carbocycles. The Balaban J connectivity index is 0.00000420. The Morgan fingerprint density at radius 1 is 1.14 bits per heavy atom. The lowest BCUT2D eigenvalue weighted by atomic mass is 10.2. The minimum absolute atomic E-state index is 0. The molecular formula is C20H34FIN4O2S. The van der Waals surface area contributed by atoms with Gasteiger partial charge in [0.2, 0.25) is 0 Å². The first-order valence-electron chi connectivity index (χ1n) is 10.2. The van der Waals surface area contributed by atoms with Gasteiger partial charge in [0, 0.05) is 19.6 Å². The number of hydrogen-bond donors (Lipinski definition) is 2. The molecule has 0 amide bonds. The second-order valence-corrected chi connectivity index (χ2v) is 9.12. The summed E-state index contributed by atoms with van der Waals surface area (Å²) in [5, 5.41) is 6.16. The Bertz CT molecular complexity index is 723. The zero-order chi connectivity index (χ0) is 20.2. The maximum absolute atomic E-state index is 13.7. The van der Waals surface area contributed by atoms with Gasteiger partial charge in [0.1, 0.15) is 10.7 Å². The number of likely N-dealkylation sites (tertiary alicyclic amines) is 1. The molecule has 2 N–H and O–H groups in total. The smallest absolute Gasteiger partial charge is 0.191 e. The van der Waals surface area contributed by atoms with Crippen molar-refractivity contribution in [2.24, 2.45) is 4.99 Å². The van der Waals surface area contributed by atoms with E-state index in [-0.39, 0.29) is 41.2 Å². The summed E-state index contributed by atoms with van der Waals surface area (Å²) >= 11 is 0. The average Bonchev–Trinajstić information content (AvgIpc) is 2.94. The third-order valence-electron chi connectivity index (χ3n) is 4.78. The lowest BCUT2D eigenvalue weighted by Crippen LogP contribution is -2.39. The van der Waals surface area contributed by atoms with Crippen LogP contribution in [-0.2, 0) is 9.84 Å². The van der Waals surface area contributed by atoms with Gasteiger partial charge in [-0.05, 0) is 58.0 Å². The number of rotatable bonds is 9. The molecule has 1 saturated heterocycles. The van der Waals surface area contributed by atoms with Crippen molar-refractivity contribution in [3.63, 3.8) is 0 Å². The van der Waals surface area contributed by atoms with Crippen LogP contribution in [0.2, 0.25) is 0 Å². The van der Waals surface area contributed by atoms with Crippen LogP contribution in [0.5, 0.6) is 0 Å². The first kappa shape index (κ1) is 26.1. The third-order valence-corrected chi connectivity index (χ3v) is 6.52. The van der Waals surface area contributed by atoms with Crippen LogP contribution in [0.4, 0.5) is 4.39 Å². The van der Waals surface area contributed by atoms with Gasteiger partial charge in [0.05, 0.1) is 5.75 Å². The molecule has 1 aliphatic rings. The van der Waals surface area contributed by atoms with E-state index < -0.39 is 15.7 Å². The summed E-state index contributed by atoms with van der Waals surface area (Å²) < 4.78 is 38.4. The molecule has 29 heavy (non-hydrogen) atoms. The van der Waals surface area contributed by atoms with E-state index in [1.54, 1.807) is 0 Å². The zero-order valence-electron chi connectivity index (χ0n) is 17.2. The molecule has 1 aromatic carbocycles. The van der Waals surface area contributed by atoms with E-state index in [0.29, 0.717) is 19.0 Å². The lowest BCUT2D eigenvalue weighted by molar-refractivity contribution is 0.283. The summed E-state index contributed by atoms with van der Waals surface area (Å²) in [6, 6.07) is 5.47. The lowest BCUT2D eigenvalue weighted by Gasteiger charge is -2.19. The largest absolute Gasteiger partial charge is 0.357 e. The van der Waals surface area contributed by atoms with Crippen molar-refractivity contribution in [3.8, 4) is 0 Å². The zero-order valence-corrected chi connectivity index (χ0v) is 20.3. The molecular weight excluding hydrogens is 506 g/mol. The van der Waals surface area contributed by atoms with Crippen molar-refractivity contribution in [2.45, 2.75) is 43.9 Å². The van der Waals surface area contributed by atoms with Gasteiger partial charge in [0.15, 0.2) is 15.8 Å². The number of halogens is 2. The first-order chi connectivity index (χ1) is 13.5. The van der Waals surface area contributed by atoms with Crippen LogP contribution in [0.3, 0.4) is 0 Å². The summed E-state index contributed by atoms with van der Waals surface area (Å²) in [5.74, 6) is -0.301. The van der Waals surface area contributed by atoms with E-state index >= 15 is 0 Å². The molecule has 0 atom stereocenters. The molecule has 1 aliphatic heterocycles.